The molecule has 56 valence electrons. The van der Waals surface area contributed by atoms with E-state index in [9.17, 15) is 4.79 Å². The number of aromatic amines is 1. The first-order chi connectivity index (χ1) is 5.29. The van der Waals surface area contributed by atoms with Crippen LogP contribution in [0.4, 0.5) is 0 Å². The predicted octanol–water partition coefficient (Wildman–Crippen LogP) is -0.948. The minimum Gasteiger partial charge on any atom is -0.317 e. The van der Waals surface area contributed by atoms with E-state index >= 15 is 0 Å². The van der Waals surface area contributed by atoms with E-state index in [0.29, 0.717) is 5.65 Å². The Morgan fingerprint density at radius 3 is 3.09 bits per heavy atom. The molecule has 6 heteroatoms. The van der Waals surface area contributed by atoms with Crippen molar-refractivity contribution in [2.45, 2.75) is 0 Å². The van der Waals surface area contributed by atoms with Gasteiger partial charge in [-0.25, -0.2) is 0 Å². The summed E-state index contributed by atoms with van der Waals surface area (Å²) in [5.74, 6) is 0. The van der Waals surface area contributed by atoms with Gasteiger partial charge < -0.3 is 4.57 Å². The molecule has 0 aliphatic rings. The van der Waals surface area contributed by atoms with E-state index in [2.05, 4.69) is 20.4 Å². The lowest BCUT2D eigenvalue weighted by Crippen LogP contribution is -2.09. The lowest BCUT2D eigenvalue weighted by atomic mass is 10.5. The second kappa shape index (κ2) is 1.88. The molecule has 11 heavy (non-hydrogen) atoms. The van der Waals surface area contributed by atoms with Crippen LogP contribution in [0.5, 0.6) is 0 Å². The maximum atomic E-state index is 10.9. The predicted molar refractivity (Wildman–Crippen MR) is 36.9 cm³/mol. The summed E-state index contributed by atoms with van der Waals surface area (Å²) >= 11 is 0. The minimum atomic E-state index is -0.355. The summed E-state index contributed by atoms with van der Waals surface area (Å²) < 4.78 is 1.63. The molecule has 0 saturated carbocycles. The summed E-state index contributed by atoms with van der Waals surface area (Å²) in [5.41, 5.74) is 0.437. The van der Waals surface area contributed by atoms with Gasteiger partial charge in [-0.2, -0.15) is 10.2 Å². The zero-order valence-corrected chi connectivity index (χ0v) is 5.77. The normalized spacial score (nSPS) is 10.6. The van der Waals surface area contributed by atoms with Crippen LogP contribution in [0.15, 0.2) is 11.1 Å². The molecule has 2 heterocycles. The zero-order chi connectivity index (χ0) is 7.84. The summed E-state index contributed by atoms with van der Waals surface area (Å²) in [5, 5.41) is 9.77. The fourth-order valence-electron chi connectivity index (χ4n) is 0.870. The number of fused-ring (bicyclic) bond motifs is 1. The second-order valence-corrected chi connectivity index (χ2v) is 2.16. The van der Waals surface area contributed by atoms with Gasteiger partial charge in [0.2, 0.25) is 0 Å². The summed E-state index contributed by atoms with van der Waals surface area (Å²) in [6, 6.07) is 0. The Labute approximate surface area is 60.9 Å². The maximum Gasteiger partial charge on any atom is 0.302 e. The number of aromatic nitrogens is 5. The molecular weight excluding hydrogens is 146 g/mol. The summed E-state index contributed by atoms with van der Waals surface area (Å²) in [6.07, 6.45) is 1.41. The van der Waals surface area contributed by atoms with E-state index < -0.39 is 0 Å². The van der Waals surface area contributed by atoms with Crippen LogP contribution in [0, 0.1) is 0 Å². The van der Waals surface area contributed by atoms with Crippen LogP contribution < -0.4 is 5.56 Å². The molecule has 0 aliphatic heterocycles. The second-order valence-electron chi connectivity index (χ2n) is 2.16. The van der Waals surface area contributed by atoms with Gasteiger partial charge >= 0.3 is 5.56 Å². The molecule has 2 aromatic rings. The van der Waals surface area contributed by atoms with Gasteiger partial charge in [0.25, 0.3) is 0 Å². The van der Waals surface area contributed by atoms with E-state index in [4.69, 9.17) is 0 Å². The maximum absolute atomic E-state index is 10.9. The number of hydrogen-bond donors (Lipinski definition) is 1. The third-order valence-electron chi connectivity index (χ3n) is 1.41. The highest BCUT2D eigenvalue weighted by atomic mass is 16.1. The van der Waals surface area contributed by atoms with E-state index in [1.807, 2.05) is 0 Å². The van der Waals surface area contributed by atoms with Crippen LogP contribution in [0.2, 0.25) is 0 Å². The smallest absolute Gasteiger partial charge is 0.302 e. The minimum absolute atomic E-state index is 0.273. The first-order valence-corrected chi connectivity index (χ1v) is 3.01. The van der Waals surface area contributed by atoms with Crippen molar-refractivity contribution in [3.8, 4) is 0 Å². The third kappa shape index (κ3) is 0.721. The molecule has 0 bridgehead atoms. The van der Waals surface area contributed by atoms with Gasteiger partial charge in [-0.1, -0.05) is 0 Å². The molecule has 6 nitrogen and oxygen atoms in total. The number of hydrogen-bond acceptors (Lipinski definition) is 4. The Bertz CT molecular complexity index is 441. The van der Waals surface area contributed by atoms with Crippen LogP contribution in [-0.2, 0) is 7.05 Å². The molecular formula is C5H5N5O. The van der Waals surface area contributed by atoms with Crippen molar-refractivity contribution < 1.29 is 0 Å². The van der Waals surface area contributed by atoms with Gasteiger partial charge in [0.15, 0.2) is 11.2 Å². The average Bonchev–Trinajstić information content (AvgIpc) is 2.45. The van der Waals surface area contributed by atoms with Crippen molar-refractivity contribution in [2.75, 3.05) is 0 Å². The van der Waals surface area contributed by atoms with Gasteiger partial charge in [-0.05, 0) is 0 Å². The van der Waals surface area contributed by atoms with Crippen molar-refractivity contribution in [1.29, 1.82) is 0 Å². The molecule has 0 fully saturated rings. The average molecular weight is 151 g/mol. The van der Waals surface area contributed by atoms with Crippen LogP contribution in [-0.4, -0.2) is 25.0 Å². The molecule has 0 aromatic carbocycles. The van der Waals surface area contributed by atoms with Gasteiger partial charge in [-0.3, -0.25) is 4.79 Å². The van der Waals surface area contributed by atoms with E-state index in [0.717, 1.165) is 0 Å². The quantitative estimate of drug-likeness (QED) is 0.526. The Balaban J connectivity index is 3.08. The molecule has 2 aromatic heterocycles. The fourth-order valence-corrected chi connectivity index (χ4v) is 0.870. The Morgan fingerprint density at radius 2 is 2.36 bits per heavy atom. The van der Waals surface area contributed by atoms with Gasteiger partial charge in [0.1, 0.15) is 6.33 Å². The lowest BCUT2D eigenvalue weighted by molar-refractivity contribution is 0.873. The molecule has 1 N–H and O–H groups in total. The highest BCUT2D eigenvalue weighted by molar-refractivity contribution is 5.67. The van der Waals surface area contributed by atoms with E-state index in [-0.39, 0.29) is 11.1 Å². The van der Waals surface area contributed by atoms with E-state index in [1.54, 1.807) is 11.6 Å². The van der Waals surface area contributed by atoms with Gasteiger partial charge in [-0.15, -0.1) is 10.2 Å². The standard InChI is InChI=1S/C5H5N5O/c1-10-2-6-5(11)3-4(10)8-9-7-3/h2H,1H3,(H,7,8,9). The van der Waals surface area contributed by atoms with Crippen molar-refractivity contribution >= 4 is 11.2 Å². The summed E-state index contributed by atoms with van der Waals surface area (Å²) in [7, 11) is 1.75. The Kier molecular flexibility index (Phi) is 1.03. The summed E-state index contributed by atoms with van der Waals surface area (Å²) in [4.78, 5) is 14.5. The monoisotopic (exact) mass is 151 g/mol. The fraction of sp³-hybridized carbons (Fsp3) is 0.200. The van der Waals surface area contributed by atoms with E-state index in [1.165, 1.54) is 6.33 Å². The van der Waals surface area contributed by atoms with Crippen LogP contribution in [0.3, 0.4) is 0 Å². The molecule has 0 atom stereocenters. The topological polar surface area (TPSA) is 76.5 Å². The van der Waals surface area contributed by atoms with Crippen LogP contribution in [0.25, 0.3) is 11.2 Å². The molecule has 0 unspecified atom stereocenters. The zero-order valence-electron chi connectivity index (χ0n) is 5.77. The Morgan fingerprint density at radius 1 is 1.55 bits per heavy atom. The van der Waals surface area contributed by atoms with Gasteiger partial charge in [0, 0.05) is 7.05 Å². The highest BCUT2D eigenvalue weighted by Gasteiger charge is 2.03. The van der Waals surface area contributed by atoms with Crippen molar-refractivity contribution in [3.63, 3.8) is 0 Å². The largest absolute Gasteiger partial charge is 0.317 e. The van der Waals surface area contributed by atoms with Gasteiger partial charge in [0.05, 0.1) is 0 Å². The first-order valence-electron chi connectivity index (χ1n) is 3.01. The number of H-pyrrole nitrogens is 1. The molecule has 0 amide bonds. The number of nitrogens with one attached hydrogen (secondary N) is 1. The lowest BCUT2D eigenvalue weighted by Gasteiger charge is -1.92. The molecule has 0 radical (unpaired) electrons. The third-order valence-corrected chi connectivity index (χ3v) is 1.41. The first kappa shape index (κ1) is 6.02. The molecule has 0 spiro atoms. The Hall–Kier alpha value is -1.72. The number of rotatable bonds is 0. The van der Waals surface area contributed by atoms with Crippen LogP contribution >= 0.6 is 0 Å². The van der Waals surface area contributed by atoms with Crippen LogP contribution in [0.1, 0.15) is 0 Å². The van der Waals surface area contributed by atoms with Crippen molar-refractivity contribution in [3.05, 3.63) is 16.7 Å². The SMILES string of the molecule is Cn1cnc(=O)c2n[nH]nc21. The van der Waals surface area contributed by atoms with Crippen molar-refractivity contribution in [1.82, 2.24) is 25.0 Å². The number of nitrogens with zero attached hydrogens (tertiary/aromatic N) is 4. The van der Waals surface area contributed by atoms with Crippen molar-refractivity contribution in [2.24, 2.45) is 7.05 Å². The summed E-state index contributed by atoms with van der Waals surface area (Å²) in [6.45, 7) is 0. The molecule has 2 rings (SSSR count). The number of aryl methyl sites for hydroxylation is 1. The highest BCUT2D eigenvalue weighted by Crippen LogP contribution is 1.96. The molecule has 0 saturated heterocycles. The molecule has 0 aliphatic carbocycles.